The molecule has 0 fully saturated rings. The van der Waals surface area contributed by atoms with Gasteiger partial charge in [-0.15, -0.1) is 0 Å². The maximum atomic E-state index is 12.4. The molecule has 0 aliphatic carbocycles. The number of benzene rings is 2. The number of hydrogen-bond donors (Lipinski definition) is 1. The van der Waals surface area contributed by atoms with Crippen LogP contribution in [-0.2, 0) is 11.2 Å². The molecule has 0 saturated heterocycles. The third kappa shape index (κ3) is 4.82. The van der Waals surface area contributed by atoms with Gasteiger partial charge in [0.15, 0.2) is 6.10 Å². The first kappa shape index (κ1) is 19.3. The van der Waals surface area contributed by atoms with Crippen molar-refractivity contribution in [2.45, 2.75) is 45.6 Å². The van der Waals surface area contributed by atoms with Crippen molar-refractivity contribution < 1.29 is 9.53 Å². The molecule has 0 spiro atoms. The molecular weight excluding hydrogens is 336 g/mol. The average molecular weight is 367 g/mol. The molecule has 1 N–H and O–H groups in total. The Labute approximate surface area is 162 Å². The maximum absolute atomic E-state index is 12.4. The highest BCUT2D eigenvalue weighted by atomic mass is 16.5. The van der Waals surface area contributed by atoms with Gasteiger partial charge in [-0.3, -0.25) is 4.79 Å². The summed E-state index contributed by atoms with van der Waals surface area (Å²) in [5.41, 5.74) is 3.89. The molecule has 1 aliphatic heterocycles. The largest absolute Gasteiger partial charge is 0.481 e. The third-order valence-corrected chi connectivity index (χ3v) is 5.10. The molecule has 1 aliphatic rings. The van der Waals surface area contributed by atoms with Gasteiger partial charge in [0.2, 0.25) is 0 Å². The van der Waals surface area contributed by atoms with E-state index in [1.165, 1.54) is 11.3 Å². The van der Waals surface area contributed by atoms with E-state index in [1.807, 2.05) is 25.1 Å². The van der Waals surface area contributed by atoms with Crippen molar-refractivity contribution in [2.24, 2.45) is 0 Å². The van der Waals surface area contributed by atoms with Crippen LogP contribution in [0.4, 0.5) is 5.69 Å². The van der Waals surface area contributed by atoms with E-state index in [-0.39, 0.29) is 5.91 Å². The van der Waals surface area contributed by atoms with Gasteiger partial charge in [-0.25, -0.2) is 0 Å². The van der Waals surface area contributed by atoms with Crippen LogP contribution in [0.3, 0.4) is 0 Å². The average Bonchev–Trinajstić information content (AvgIpc) is 3.08. The predicted molar refractivity (Wildman–Crippen MR) is 111 cm³/mol. The summed E-state index contributed by atoms with van der Waals surface area (Å²) in [5.74, 6) is 1.10. The number of amides is 1. The van der Waals surface area contributed by atoms with Crippen LogP contribution in [0.25, 0.3) is 0 Å². The van der Waals surface area contributed by atoms with Crippen LogP contribution in [0.1, 0.15) is 44.2 Å². The smallest absolute Gasteiger partial charge is 0.260 e. The normalized spacial score (nSPS) is 14.1. The van der Waals surface area contributed by atoms with Crippen LogP contribution in [0.5, 0.6) is 5.75 Å². The number of nitrogens with one attached hydrogen (secondary N) is 1. The summed E-state index contributed by atoms with van der Waals surface area (Å²) in [6, 6.07) is 16.5. The molecule has 2 aromatic carbocycles. The minimum atomic E-state index is -0.502. The molecule has 1 heterocycles. The highest BCUT2D eigenvalue weighted by Crippen LogP contribution is 2.28. The summed E-state index contributed by atoms with van der Waals surface area (Å²) in [4.78, 5) is 14.8. The number of anilines is 1. The number of carbonyl (C=O) groups excluding carboxylic acids is 1. The van der Waals surface area contributed by atoms with Crippen LogP contribution in [0, 0.1) is 0 Å². The molecule has 0 radical (unpaired) electrons. The molecule has 2 aromatic rings. The summed E-state index contributed by atoms with van der Waals surface area (Å²) in [5, 5.41) is 3.01. The number of para-hydroxylation sites is 2. The Bertz CT molecular complexity index is 772. The standard InChI is InChI=1S/C23H30N2O2/c1-17(2)20-10-5-7-12-22(20)27-18(3)23(26)24-14-8-15-25-16-13-19-9-4-6-11-21(19)25/h4-7,9-12,17-18H,8,13-16H2,1-3H3,(H,24,26). The molecule has 4 nitrogen and oxygen atoms in total. The van der Waals surface area contributed by atoms with Gasteiger partial charge in [0.05, 0.1) is 0 Å². The fourth-order valence-corrected chi connectivity index (χ4v) is 3.57. The monoisotopic (exact) mass is 366 g/mol. The summed E-state index contributed by atoms with van der Waals surface area (Å²) < 4.78 is 5.92. The van der Waals surface area contributed by atoms with E-state index in [4.69, 9.17) is 4.74 Å². The van der Waals surface area contributed by atoms with Gasteiger partial charge in [-0.1, -0.05) is 50.2 Å². The zero-order valence-corrected chi connectivity index (χ0v) is 16.6. The number of fused-ring (bicyclic) bond motifs is 1. The highest BCUT2D eigenvalue weighted by molar-refractivity contribution is 5.80. The minimum Gasteiger partial charge on any atom is -0.481 e. The Balaban J connectivity index is 1.43. The summed E-state index contributed by atoms with van der Waals surface area (Å²) >= 11 is 0. The third-order valence-electron chi connectivity index (χ3n) is 5.10. The van der Waals surface area contributed by atoms with Gasteiger partial charge in [0, 0.05) is 25.3 Å². The van der Waals surface area contributed by atoms with Crippen molar-refractivity contribution in [3.63, 3.8) is 0 Å². The lowest BCUT2D eigenvalue weighted by Crippen LogP contribution is -2.38. The zero-order chi connectivity index (χ0) is 19.2. The molecule has 1 unspecified atom stereocenters. The van der Waals surface area contributed by atoms with Gasteiger partial charge < -0.3 is 15.0 Å². The summed E-state index contributed by atoms with van der Waals surface area (Å²) in [7, 11) is 0. The molecular formula is C23H30N2O2. The van der Waals surface area contributed by atoms with E-state index in [2.05, 4.69) is 54.4 Å². The molecule has 27 heavy (non-hydrogen) atoms. The van der Waals surface area contributed by atoms with Gasteiger partial charge >= 0.3 is 0 Å². The first-order valence-electron chi connectivity index (χ1n) is 9.92. The maximum Gasteiger partial charge on any atom is 0.260 e. The zero-order valence-electron chi connectivity index (χ0n) is 16.6. The Morgan fingerprint density at radius 3 is 2.67 bits per heavy atom. The number of rotatable bonds is 8. The van der Waals surface area contributed by atoms with E-state index in [1.54, 1.807) is 0 Å². The Morgan fingerprint density at radius 2 is 1.85 bits per heavy atom. The molecule has 0 saturated carbocycles. The van der Waals surface area contributed by atoms with Crippen molar-refractivity contribution in [3.8, 4) is 5.75 Å². The molecule has 1 atom stereocenters. The second-order valence-corrected chi connectivity index (χ2v) is 7.46. The van der Waals surface area contributed by atoms with E-state index in [0.717, 1.165) is 37.2 Å². The van der Waals surface area contributed by atoms with Crippen LogP contribution >= 0.6 is 0 Å². The molecule has 1 amide bonds. The quantitative estimate of drug-likeness (QED) is 0.714. The Morgan fingerprint density at radius 1 is 1.11 bits per heavy atom. The first-order chi connectivity index (χ1) is 13.1. The van der Waals surface area contributed by atoms with Crippen LogP contribution < -0.4 is 15.0 Å². The number of ether oxygens (including phenoxy) is 1. The van der Waals surface area contributed by atoms with Crippen molar-refractivity contribution in [3.05, 3.63) is 59.7 Å². The van der Waals surface area contributed by atoms with E-state index in [0.29, 0.717) is 12.5 Å². The van der Waals surface area contributed by atoms with E-state index < -0.39 is 6.10 Å². The summed E-state index contributed by atoms with van der Waals surface area (Å²) in [6.45, 7) is 8.76. The van der Waals surface area contributed by atoms with E-state index in [9.17, 15) is 4.79 Å². The Hall–Kier alpha value is -2.49. The first-order valence-corrected chi connectivity index (χ1v) is 9.92. The van der Waals surface area contributed by atoms with Gasteiger partial charge in [0.25, 0.3) is 5.91 Å². The highest BCUT2D eigenvalue weighted by Gasteiger charge is 2.19. The fraction of sp³-hybridized carbons (Fsp3) is 0.435. The van der Waals surface area contributed by atoms with E-state index >= 15 is 0 Å². The second-order valence-electron chi connectivity index (χ2n) is 7.46. The molecule has 3 rings (SSSR count). The number of carbonyl (C=O) groups is 1. The number of nitrogens with zero attached hydrogens (tertiary/aromatic N) is 1. The topological polar surface area (TPSA) is 41.6 Å². The van der Waals surface area contributed by atoms with Crippen molar-refractivity contribution in [1.29, 1.82) is 0 Å². The van der Waals surface area contributed by atoms with Gasteiger partial charge in [-0.2, -0.15) is 0 Å². The van der Waals surface area contributed by atoms with Gasteiger partial charge in [0.1, 0.15) is 5.75 Å². The SMILES string of the molecule is CC(Oc1ccccc1C(C)C)C(=O)NCCCN1CCc2ccccc21. The molecule has 4 heteroatoms. The molecule has 0 bridgehead atoms. The van der Waals surface area contributed by atoms with Crippen molar-refractivity contribution >= 4 is 11.6 Å². The predicted octanol–water partition coefficient (Wildman–Crippen LogP) is 4.15. The molecule has 0 aromatic heterocycles. The minimum absolute atomic E-state index is 0.0598. The fourth-order valence-electron chi connectivity index (χ4n) is 3.57. The van der Waals surface area contributed by atoms with Crippen molar-refractivity contribution in [1.82, 2.24) is 5.32 Å². The lowest BCUT2D eigenvalue weighted by atomic mass is 10.0. The Kier molecular flexibility index (Phi) is 6.38. The molecule has 144 valence electrons. The van der Waals surface area contributed by atoms with Crippen LogP contribution in [0.2, 0.25) is 0 Å². The lowest BCUT2D eigenvalue weighted by Gasteiger charge is -2.20. The van der Waals surface area contributed by atoms with Crippen LogP contribution in [0.15, 0.2) is 48.5 Å². The lowest BCUT2D eigenvalue weighted by molar-refractivity contribution is -0.127. The second kappa shape index (κ2) is 8.94. The summed E-state index contributed by atoms with van der Waals surface area (Å²) in [6.07, 6.45) is 1.54. The number of hydrogen-bond acceptors (Lipinski definition) is 3. The van der Waals surface area contributed by atoms with Crippen molar-refractivity contribution in [2.75, 3.05) is 24.5 Å². The van der Waals surface area contributed by atoms with Crippen LogP contribution in [-0.4, -0.2) is 31.6 Å². The van der Waals surface area contributed by atoms with Gasteiger partial charge in [-0.05, 0) is 48.9 Å².